The Balaban J connectivity index is 1.60. The lowest BCUT2D eigenvalue weighted by atomic mass is 9.57. The van der Waals surface area contributed by atoms with E-state index in [2.05, 4.69) is 29.2 Å². The first kappa shape index (κ1) is 14.5. The number of hydrogen-bond donors (Lipinski definition) is 1. The third-order valence-electron chi connectivity index (χ3n) is 7.50. The molecule has 6 rings (SSSR count). The van der Waals surface area contributed by atoms with E-state index in [1.165, 1.54) is 69.2 Å². The molecular formula is C21H29NO. The summed E-state index contributed by atoms with van der Waals surface area (Å²) in [5.74, 6) is 2.74. The van der Waals surface area contributed by atoms with Crippen molar-refractivity contribution in [2.75, 3.05) is 13.1 Å². The minimum Gasteiger partial charge on any atom is -0.388 e. The van der Waals surface area contributed by atoms with Gasteiger partial charge in [-0.15, -0.1) is 0 Å². The molecule has 0 amide bonds. The van der Waals surface area contributed by atoms with Gasteiger partial charge in [0.2, 0.25) is 0 Å². The highest BCUT2D eigenvalue weighted by molar-refractivity contribution is 5.39. The van der Waals surface area contributed by atoms with Crippen LogP contribution in [0.5, 0.6) is 0 Å². The van der Waals surface area contributed by atoms with Crippen molar-refractivity contribution in [2.24, 2.45) is 17.8 Å². The average molecular weight is 311 g/mol. The van der Waals surface area contributed by atoms with Gasteiger partial charge in [-0.2, -0.15) is 0 Å². The van der Waals surface area contributed by atoms with Crippen LogP contribution in [0, 0.1) is 17.8 Å². The summed E-state index contributed by atoms with van der Waals surface area (Å²) in [7, 11) is 0. The second-order valence-corrected chi connectivity index (χ2v) is 8.44. The normalized spacial score (nSPS) is 43.0. The summed E-state index contributed by atoms with van der Waals surface area (Å²) in [4.78, 5) is 2.75. The van der Waals surface area contributed by atoms with Crippen molar-refractivity contribution >= 4 is 0 Å². The number of nitrogens with zero attached hydrogens (tertiary/aromatic N) is 1. The quantitative estimate of drug-likeness (QED) is 0.844. The Bertz CT molecular complexity index is 571. The molecule has 2 nitrogen and oxygen atoms in total. The van der Waals surface area contributed by atoms with Gasteiger partial charge in [-0.3, -0.25) is 4.90 Å². The highest BCUT2D eigenvalue weighted by atomic mass is 16.3. The molecule has 2 heteroatoms. The van der Waals surface area contributed by atoms with Crippen molar-refractivity contribution in [3.8, 4) is 0 Å². The zero-order chi connectivity index (χ0) is 15.4. The smallest absolute Gasteiger partial charge is 0.0838 e. The van der Waals surface area contributed by atoms with Gasteiger partial charge >= 0.3 is 0 Å². The molecule has 3 heterocycles. The molecule has 2 bridgehead atoms. The van der Waals surface area contributed by atoms with Gasteiger partial charge in [-0.1, -0.05) is 56.4 Å². The Morgan fingerprint density at radius 1 is 0.826 bits per heavy atom. The average Bonchev–Trinajstić information content (AvgIpc) is 2.64. The molecule has 3 aliphatic heterocycles. The zero-order valence-corrected chi connectivity index (χ0v) is 14.0. The summed E-state index contributed by atoms with van der Waals surface area (Å²) in [6, 6.07) is 9.44. The number of aliphatic hydroxyl groups excluding tert-OH is 1. The van der Waals surface area contributed by atoms with Crippen LogP contribution in [0.3, 0.4) is 0 Å². The molecule has 1 aromatic rings. The second kappa shape index (κ2) is 5.60. The number of fused-ring (bicyclic) bond motifs is 3. The van der Waals surface area contributed by atoms with E-state index in [1.54, 1.807) is 0 Å². The first-order chi connectivity index (χ1) is 11.3. The minimum absolute atomic E-state index is 0.241. The van der Waals surface area contributed by atoms with E-state index >= 15 is 0 Å². The van der Waals surface area contributed by atoms with Gasteiger partial charge in [-0.05, 0) is 48.9 Å². The topological polar surface area (TPSA) is 23.5 Å². The summed E-state index contributed by atoms with van der Waals surface area (Å²) >= 11 is 0. The van der Waals surface area contributed by atoms with Crippen molar-refractivity contribution in [3.63, 3.8) is 0 Å². The molecule has 2 aliphatic carbocycles. The summed E-state index contributed by atoms with van der Waals surface area (Å²) in [5.41, 5.74) is 2.74. The van der Waals surface area contributed by atoms with E-state index in [-0.39, 0.29) is 6.10 Å². The largest absolute Gasteiger partial charge is 0.388 e. The van der Waals surface area contributed by atoms with Gasteiger partial charge in [0.05, 0.1) is 6.10 Å². The maximum absolute atomic E-state index is 11.3. The number of rotatable bonds is 1. The fraction of sp³-hybridized carbons (Fsp3) is 0.714. The Labute approximate surface area is 139 Å². The molecule has 3 saturated heterocycles. The Morgan fingerprint density at radius 3 is 2.26 bits per heavy atom. The molecule has 0 aromatic heterocycles. The molecule has 124 valence electrons. The predicted octanol–water partition coefficient (Wildman–Crippen LogP) is 4.11. The van der Waals surface area contributed by atoms with Gasteiger partial charge in [0.15, 0.2) is 0 Å². The van der Waals surface area contributed by atoms with Crippen LogP contribution in [0.4, 0.5) is 0 Å². The standard InChI is InChI=1S/C21H29NO/c23-21-17-9-5-4-8-16(17)18-15-10-12-22(13-11-15)20(18)19(21)14-6-2-1-3-7-14/h4-5,8-9,14-15,18-21,23H,1-3,6-7,10-13H2/t18-,19+,20-,21+/m1/s1. The SMILES string of the molecule is O[C@H]1c2ccccc2[C@H]2C3CCN(CC3)[C@H]2[C@@H]1C1CCCCC1. The fourth-order valence-corrected chi connectivity index (χ4v) is 6.54. The van der Waals surface area contributed by atoms with E-state index in [0.29, 0.717) is 17.9 Å². The van der Waals surface area contributed by atoms with Gasteiger partial charge in [0.1, 0.15) is 0 Å². The van der Waals surface area contributed by atoms with E-state index in [4.69, 9.17) is 0 Å². The first-order valence-corrected chi connectivity index (χ1v) is 9.85. The number of benzene rings is 1. The van der Waals surface area contributed by atoms with Crippen LogP contribution in [0.25, 0.3) is 0 Å². The van der Waals surface area contributed by atoms with Crippen LogP contribution in [0.1, 0.15) is 68.1 Å². The molecule has 5 aliphatic rings. The molecule has 1 aromatic carbocycles. The molecule has 0 spiro atoms. The van der Waals surface area contributed by atoms with Crippen LogP contribution in [-0.4, -0.2) is 29.1 Å². The maximum Gasteiger partial charge on any atom is 0.0838 e. The van der Waals surface area contributed by atoms with Crippen molar-refractivity contribution in [3.05, 3.63) is 35.4 Å². The molecule has 23 heavy (non-hydrogen) atoms. The lowest BCUT2D eigenvalue weighted by Crippen LogP contribution is -2.60. The maximum atomic E-state index is 11.3. The fourth-order valence-electron chi connectivity index (χ4n) is 6.54. The van der Waals surface area contributed by atoms with Crippen LogP contribution in [0.15, 0.2) is 24.3 Å². The van der Waals surface area contributed by atoms with Crippen molar-refractivity contribution in [2.45, 2.75) is 63.0 Å². The van der Waals surface area contributed by atoms with E-state index in [1.807, 2.05) is 0 Å². The Kier molecular flexibility index (Phi) is 3.52. The monoisotopic (exact) mass is 311 g/mol. The van der Waals surface area contributed by atoms with E-state index in [0.717, 1.165) is 11.8 Å². The molecule has 0 unspecified atom stereocenters. The van der Waals surface area contributed by atoms with Crippen LogP contribution < -0.4 is 0 Å². The van der Waals surface area contributed by atoms with Gasteiger partial charge in [0, 0.05) is 17.9 Å². The summed E-state index contributed by atoms with van der Waals surface area (Å²) in [6.07, 6.45) is 9.31. The molecule has 1 N–H and O–H groups in total. The minimum atomic E-state index is -0.241. The van der Waals surface area contributed by atoms with Gasteiger partial charge in [0.25, 0.3) is 0 Å². The molecular weight excluding hydrogens is 282 g/mol. The summed E-state index contributed by atoms with van der Waals surface area (Å²) in [6.45, 7) is 2.54. The van der Waals surface area contributed by atoms with Crippen molar-refractivity contribution < 1.29 is 5.11 Å². The van der Waals surface area contributed by atoms with Gasteiger partial charge in [-0.25, -0.2) is 0 Å². The molecule has 1 saturated carbocycles. The second-order valence-electron chi connectivity index (χ2n) is 8.44. The predicted molar refractivity (Wildman–Crippen MR) is 92.3 cm³/mol. The highest BCUT2D eigenvalue weighted by Crippen LogP contribution is 2.56. The third kappa shape index (κ3) is 2.14. The van der Waals surface area contributed by atoms with Gasteiger partial charge < -0.3 is 5.11 Å². The summed E-state index contributed by atoms with van der Waals surface area (Å²) < 4.78 is 0. The number of hydrogen-bond acceptors (Lipinski definition) is 2. The third-order valence-corrected chi connectivity index (χ3v) is 7.50. The molecule has 4 atom stereocenters. The van der Waals surface area contributed by atoms with Crippen molar-refractivity contribution in [1.29, 1.82) is 0 Å². The first-order valence-electron chi connectivity index (χ1n) is 9.85. The lowest BCUT2D eigenvalue weighted by Gasteiger charge is -2.59. The molecule has 0 radical (unpaired) electrons. The lowest BCUT2D eigenvalue weighted by molar-refractivity contribution is -0.0816. The number of aliphatic hydroxyl groups is 1. The zero-order valence-electron chi connectivity index (χ0n) is 14.0. The van der Waals surface area contributed by atoms with E-state index in [9.17, 15) is 5.11 Å². The summed E-state index contributed by atoms with van der Waals surface area (Å²) in [5, 5.41) is 11.3. The van der Waals surface area contributed by atoms with Crippen molar-refractivity contribution in [1.82, 2.24) is 4.90 Å². The Morgan fingerprint density at radius 2 is 1.52 bits per heavy atom. The Hall–Kier alpha value is -0.860. The highest BCUT2D eigenvalue weighted by Gasteiger charge is 2.53. The molecule has 4 fully saturated rings. The van der Waals surface area contributed by atoms with E-state index < -0.39 is 0 Å². The van der Waals surface area contributed by atoms with Crippen LogP contribution >= 0.6 is 0 Å². The van der Waals surface area contributed by atoms with Crippen LogP contribution in [-0.2, 0) is 0 Å². The number of piperidine rings is 3. The van der Waals surface area contributed by atoms with Crippen LogP contribution in [0.2, 0.25) is 0 Å².